The highest BCUT2D eigenvalue weighted by Crippen LogP contribution is 2.35. The number of aromatic nitrogens is 1. The summed E-state index contributed by atoms with van der Waals surface area (Å²) in [5.41, 5.74) is -0.356. The van der Waals surface area contributed by atoms with Gasteiger partial charge in [-0.2, -0.15) is 0 Å². The molecule has 2 aromatic rings. The van der Waals surface area contributed by atoms with E-state index in [1.807, 2.05) is 6.92 Å². The maximum absolute atomic E-state index is 13.4. The van der Waals surface area contributed by atoms with Crippen LogP contribution in [0.4, 0.5) is 14.3 Å². The van der Waals surface area contributed by atoms with Gasteiger partial charge in [-0.15, -0.1) is 11.3 Å². The van der Waals surface area contributed by atoms with Crippen molar-refractivity contribution in [3.05, 3.63) is 45.1 Å². The Morgan fingerprint density at radius 2 is 2.14 bits per heavy atom. The van der Waals surface area contributed by atoms with E-state index in [1.54, 1.807) is 12.3 Å². The molecule has 0 spiro atoms. The van der Waals surface area contributed by atoms with Crippen LogP contribution in [0.3, 0.4) is 0 Å². The van der Waals surface area contributed by atoms with E-state index in [-0.39, 0.29) is 12.5 Å². The Bertz CT molecular complexity index is 966. The molecule has 1 aliphatic heterocycles. The number of hydrogen-bond donors (Lipinski definition) is 1. The molecule has 148 valence electrons. The van der Waals surface area contributed by atoms with Crippen LogP contribution in [-0.4, -0.2) is 34.3 Å². The van der Waals surface area contributed by atoms with Crippen molar-refractivity contribution in [2.75, 3.05) is 11.4 Å². The lowest BCUT2D eigenvalue weighted by atomic mass is 9.92. The molecule has 0 bridgehead atoms. The number of carbonyl (C=O) groups excluding carboxylic acids is 3. The second-order valence-electron chi connectivity index (χ2n) is 6.46. The Morgan fingerprint density at radius 1 is 1.43 bits per heavy atom. The summed E-state index contributed by atoms with van der Waals surface area (Å²) < 4.78 is 13.8. The van der Waals surface area contributed by atoms with E-state index < -0.39 is 23.3 Å². The summed E-state index contributed by atoms with van der Waals surface area (Å²) in [5, 5.41) is 4.91. The Hall–Kier alpha value is -2.33. The van der Waals surface area contributed by atoms with Gasteiger partial charge in [0.05, 0.1) is 12.2 Å². The number of hydrogen-bond acceptors (Lipinski definition) is 5. The molecular formula is C18H18BrFN4O3S. The molecule has 1 atom stereocenters. The van der Waals surface area contributed by atoms with Gasteiger partial charge in [0.15, 0.2) is 5.13 Å². The van der Waals surface area contributed by atoms with Crippen LogP contribution in [0.25, 0.3) is 0 Å². The third-order valence-corrected chi connectivity index (χ3v) is 6.10. The number of rotatable bonds is 5. The second-order valence-corrected chi connectivity index (χ2v) is 8.15. The van der Waals surface area contributed by atoms with Gasteiger partial charge in [-0.25, -0.2) is 14.2 Å². The molecule has 1 saturated heterocycles. The van der Waals surface area contributed by atoms with E-state index in [2.05, 4.69) is 26.2 Å². The fraction of sp³-hybridized carbons (Fsp3) is 0.333. The zero-order valence-electron chi connectivity index (χ0n) is 15.5. The number of amides is 4. The van der Waals surface area contributed by atoms with Crippen molar-refractivity contribution in [2.45, 2.75) is 32.9 Å². The smallest absolute Gasteiger partial charge is 0.319 e. The molecule has 28 heavy (non-hydrogen) atoms. The van der Waals surface area contributed by atoms with Crippen LogP contribution >= 0.6 is 27.3 Å². The fourth-order valence-corrected chi connectivity index (χ4v) is 4.74. The normalized spacial score (nSPS) is 19.1. The number of halogens is 2. The van der Waals surface area contributed by atoms with Crippen molar-refractivity contribution >= 4 is 50.2 Å². The van der Waals surface area contributed by atoms with Crippen LogP contribution in [-0.2, 0) is 21.7 Å². The lowest BCUT2D eigenvalue weighted by molar-refractivity contribution is -0.131. The highest BCUT2D eigenvalue weighted by Gasteiger charge is 2.50. The van der Waals surface area contributed by atoms with Crippen LogP contribution in [0, 0.1) is 5.82 Å². The zero-order chi connectivity index (χ0) is 20.6. The van der Waals surface area contributed by atoms with E-state index in [0.717, 1.165) is 4.90 Å². The van der Waals surface area contributed by atoms with Crippen LogP contribution in [0.1, 0.15) is 32.0 Å². The number of urea groups is 1. The third-order valence-electron chi connectivity index (χ3n) is 4.53. The monoisotopic (exact) mass is 468 g/mol. The average Bonchev–Trinajstić information content (AvgIpc) is 3.14. The third kappa shape index (κ3) is 3.53. The van der Waals surface area contributed by atoms with Crippen LogP contribution in [0.15, 0.2) is 28.1 Å². The van der Waals surface area contributed by atoms with Crippen molar-refractivity contribution in [1.82, 2.24) is 15.2 Å². The molecular weight excluding hydrogens is 451 g/mol. The molecule has 1 fully saturated rings. The molecule has 7 nitrogen and oxygen atoms in total. The van der Waals surface area contributed by atoms with Gasteiger partial charge in [0.2, 0.25) is 5.91 Å². The quantitative estimate of drug-likeness (QED) is 0.681. The number of benzene rings is 1. The van der Waals surface area contributed by atoms with Crippen LogP contribution in [0.2, 0.25) is 0 Å². The summed E-state index contributed by atoms with van der Waals surface area (Å²) in [5.74, 6) is -1.04. The first-order valence-electron chi connectivity index (χ1n) is 8.49. The molecule has 3 rings (SSSR count). The second kappa shape index (κ2) is 7.59. The lowest BCUT2D eigenvalue weighted by Gasteiger charge is -2.23. The molecule has 1 aliphatic rings. The minimum absolute atomic E-state index is 0.0228. The van der Waals surface area contributed by atoms with E-state index in [1.165, 1.54) is 41.4 Å². The average molecular weight is 469 g/mol. The topological polar surface area (TPSA) is 82.6 Å². The summed E-state index contributed by atoms with van der Waals surface area (Å²) in [6.07, 6.45) is 0. The predicted octanol–water partition coefficient (Wildman–Crippen LogP) is 3.38. The van der Waals surface area contributed by atoms with Crippen molar-refractivity contribution in [3.63, 3.8) is 0 Å². The molecule has 1 aromatic carbocycles. The van der Waals surface area contributed by atoms with E-state index in [9.17, 15) is 18.8 Å². The Kier molecular flexibility index (Phi) is 5.53. The number of anilines is 1. The zero-order valence-corrected chi connectivity index (χ0v) is 17.9. The molecule has 1 aromatic heterocycles. The Labute approximate surface area is 173 Å². The molecule has 2 heterocycles. The molecule has 1 unspecified atom stereocenters. The number of imide groups is 1. The Balaban J connectivity index is 1.85. The highest BCUT2D eigenvalue weighted by atomic mass is 79.9. The molecule has 4 amide bonds. The fourth-order valence-electron chi connectivity index (χ4n) is 3.07. The molecule has 0 radical (unpaired) electrons. The Morgan fingerprint density at radius 3 is 2.75 bits per heavy atom. The largest absolute Gasteiger partial charge is 0.325 e. The first-order chi connectivity index (χ1) is 13.2. The van der Waals surface area contributed by atoms with E-state index in [0.29, 0.717) is 27.4 Å². The molecule has 0 saturated carbocycles. The lowest BCUT2D eigenvalue weighted by Crippen LogP contribution is -2.41. The molecule has 1 N–H and O–H groups in total. The number of carbonyl (C=O) groups is 3. The maximum atomic E-state index is 13.4. The van der Waals surface area contributed by atoms with Gasteiger partial charge in [-0.1, -0.05) is 22.0 Å². The van der Waals surface area contributed by atoms with Crippen molar-refractivity contribution in [1.29, 1.82) is 0 Å². The van der Waals surface area contributed by atoms with Crippen molar-refractivity contribution in [2.24, 2.45) is 0 Å². The SMILES string of the molecule is CCN(C(C)=O)c1nc(CN2C(=O)NC(C)(c3ccc(F)cc3Br)C2=O)cs1. The van der Waals surface area contributed by atoms with Gasteiger partial charge in [0.25, 0.3) is 5.91 Å². The van der Waals surface area contributed by atoms with Gasteiger partial charge >= 0.3 is 6.03 Å². The highest BCUT2D eigenvalue weighted by molar-refractivity contribution is 9.10. The number of nitrogens with one attached hydrogen (secondary N) is 1. The van der Waals surface area contributed by atoms with Gasteiger partial charge in [-0.05, 0) is 26.0 Å². The summed E-state index contributed by atoms with van der Waals surface area (Å²) in [6.45, 7) is 5.32. The van der Waals surface area contributed by atoms with Gasteiger partial charge < -0.3 is 5.32 Å². The number of nitrogens with zero attached hydrogens (tertiary/aromatic N) is 3. The summed E-state index contributed by atoms with van der Waals surface area (Å²) in [4.78, 5) is 44.1. The first-order valence-corrected chi connectivity index (χ1v) is 10.2. The minimum atomic E-state index is -1.32. The first kappa shape index (κ1) is 20.4. The van der Waals surface area contributed by atoms with Gasteiger partial charge in [-0.3, -0.25) is 19.4 Å². The summed E-state index contributed by atoms with van der Waals surface area (Å²) in [6, 6.07) is 3.39. The van der Waals surface area contributed by atoms with Gasteiger partial charge in [0, 0.05) is 28.9 Å². The van der Waals surface area contributed by atoms with Crippen molar-refractivity contribution in [3.8, 4) is 0 Å². The maximum Gasteiger partial charge on any atom is 0.325 e. The van der Waals surface area contributed by atoms with Crippen LogP contribution < -0.4 is 10.2 Å². The number of thiazole rings is 1. The summed E-state index contributed by atoms with van der Waals surface area (Å²) in [7, 11) is 0. The van der Waals surface area contributed by atoms with E-state index >= 15 is 0 Å². The molecule has 10 heteroatoms. The van der Waals surface area contributed by atoms with E-state index in [4.69, 9.17) is 0 Å². The van der Waals surface area contributed by atoms with Crippen LogP contribution in [0.5, 0.6) is 0 Å². The summed E-state index contributed by atoms with van der Waals surface area (Å²) >= 11 is 4.53. The van der Waals surface area contributed by atoms with Crippen molar-refractivity contribution < 1.29 is 18.8 Å². The van der Waals surface area contributed by atoms with Gasteiger partial charge in [0.1, 0.15) is 11.4 Å². The molecule has 0 aliphatic carbocycles. The minimum Gasteiger partial charge on any atom is -0.319 e. The standard InChI is InChI=1S/C18H18BrFN4O3S/c1-4-23(10(2)25)17-21-12(9-28-17)8-24-15(26)18(3,22-16(24)27)13-6-5-11(20)7-14(13)19/h5-7,9H,4,8H2,1-3H3,(H,22,27). The predicted molar refractivity (Wildman–Crippen MR) is 106 cm³/mol.